The van der Waals surface area contributed by atoms with E-state index in [1.54, 1.807) is 4.57 Å². The number of nitrogens with one attached hydrogen (secondary N) is 4. The molecule has 6 heterocycles. The van der Waals surface area contributed by atoms with Crippen molar-refractivity contribution in [3.63, 3.8) is 0 Å². The highest BCUT2D eigenvalue weighted by molar-refractivity contribution is 5.87. The minimum absolute atomic E-state index is 0.0920. The van der Waals surface area contributed by atoms with Crippen LogP contribution < -0.4 is 26.2 Å². The van der Waals surface area contributed by atoms with Gasteiger partial charge in [-0.25, -0.2) is 9.78 Å². The zero-order chi connectivity index (χ0) is 33.5. The van der Waals surface area contributed by atoms with E-state index in [-0.39, 0.29) is 23.9 Å². The van der Waals surface area contributed by atoms with Crippen molar-refractivity contribution in [1.82, 2.24) is 55.7 Å². The molecule has 3 aliphatic rings. The fraction of sp³-hybridized carbons (Fsp3) is 0.469. The summed E-state index contributed by atoms with van der Waals surface area (Å²) in [6, 6.07) is 14.2. The van der Waals surface area contributed by atoms with E-state index in [2.05, 4.69) is 65.9 Å². The Bertz CT molecular complexity index is 1950. The Kier molecular flexibility index (Phi) is 8.40. The van der Waals surface area contributed by atoms with Crippen molar-refractivity contribution >= 4 is 39.7 Å². The topological polar surface area (TPSA) is 205 Å². The minimum Gasteiger partial charge on any atom is -0.387 e. The second-order valence-corrected chi connectivity index (χ2v) is 12.7. The Labute approximate surface area is 281 Å². The zero-order valence-corrected chi connectivity index (χ0v) is 27.0. The van der Waals surface area contributed by atoms with Crippen LogP contribution in [0.15, 0.2) is 48.8 Å². The molecule has 5 aromatic rings. The molecule has 17 heteroatoms. The van der Waals surface area contributed by atoms with Gasteiger partial charge in [-0.15, -0.1) is 10.2 Å². The largest absolute Gasteiger partial charge is 0.387 e. The summed E-state index contributed by atoms with van der Waals surface area (Å²) < 4.78 is 7.78. The number of benzene rings is 2. The van der Waals surface area contributed by atoms with Crippen LogP contribution in [-0.2, 0) is 17.8 Å². The molecule has 49 heavy (non-hydrogen) atoms. The Hall–Kier alpha value is -4.97. The summed E-state index contributed by atoms with van der Waals surface area (Å²) in [7, 11) is 0. The standard InChI is InChI=1S/C32H39N13O4/c1-2-45-41-28(40-42-45)26-24(46)25(47)30(49-26)44-17-35-23-27(34-14-19-8-5-7-18-6-3-4-9-22(18)19)38-31(39-29(23)44)43-13-11-21(16-43)37-32(48)36-20-10-12-33-15-20/h3-9,17,20-21,24-26,30,33,46-47H,2,10-16H2,1H3,(H,34,38,39)(H2,36,37,48)/t20-,21-,24+,25-,26+,30-/m1/s1. The number of ether oxygens (including phenoxy) is 1. The lowest BCUT2D eigenvalue weighted by Crippen LogP contribution is -2.47. The maximum atomic E-state index is 12.7. The van der Waals surface area contributed by atoms with Gasteiger partial charge in [-0.1, -0.05) is 42.5 Å². The third-order valence-electron chi connectivity index (χ3n) is 9.46. The first-order valence-electron chi connectivity index (χ1n) is 16.7. The Morgan fingerprint density at radius 1 is 1.06 bits per heavy atom. The highest BCUT2D eigenvalue weighted by Crippen LogP contribution is 2.39. The van der Waals surface area contributed by atoms with Gasteiger partial charge in [-0.3, -0.25) is 4.57 Å². The number of carbonyl (C=O) groups is 1. The number of nitrogens with zero attached hydrogens (tertiary/aromatic N) is 9. The SMILES string of the molecule is CCn1nnc([C@H]2O[C@@H](n3cnc4c(NCc5cccc6ccccc56)nc(N5CC[C@@H](NC(=O)N[C@@H]6CCNC6)C5)nc43)[C@H](O)[C@@H]2O)n1. The molecule has 0 bridgehead atoms. The van der Waals surface area contributed by atoms with Crippen LogP contribution in [0.1, 0.15) is 43.5 Å². The second-order valence-electron chi connectivity index (χ2n) is 12.7. The lowest BCUT2D eigenvalue weighted by Gasteiger charge is -2.20. The number of anilines is 2. The van der Waals surface area contributed by atoms with Gasteiger partial charge >= 0.3 is 6.03 Å². The highest BCUT2D eigenvalue weighted by atomic mass is 16.6. The number of urea groups is 1. The van der Waals surface area contributed by atoms with Crippen LogP contribution in [-0.4, -0.2) is 106 Å². The van der Waals surface area contributed by atoms with Crippen molar-refractivity contribution in [2.45, 2.75) is 69.5 Å². The molecule has 17 nitrogen and oxygen atoms in total. The van der Waals surface area contributed by atoms with Crippen LogP contribution in [0.3, 0.4) is 0 Å². The number of aromatic nitrogens is 8. The molecular formula is C32H39N13O4. The number of imidazole rings is 1. The number of aliphatic hydroxyl groups excluding tert-OH is 2. The fourth-order valence-corrected chi connectivity index (χ4v) is 6.84. The maximum Gasteiger partial charge on any atom is 0.315 e. The van der Waals surface area contributed by atoms with Gasteiger partial charge in [0.15, 0.2) is 29.3 Å². The normalized spacial score (nSPS) is 25.4. The van der Waals surface area contributed by atoms with E-state index in [0.29, 0.717) is 49.1 Å². The first-order valence-corrected chi connectivity index (χ1v) is 16.7. The predicted octanol–water partition coefficient (Wildman–Crippen LogP) is 0.830. The maximum absolute atomic E-state index is 12.7. The van der Waals surface area contributed by atoms with Gasteiger partial charge in [0, 0.05) is 38.3 Å². The number of fused-ring (bicyclic) bond motifs is 2. The van der Waals surface area contributed by atoms with Crippen molar-refractivity contribution in [2.75, 3.05) is 36.4 Å². The van der Waals surface area contributed by atoms with E-state index >= 15 is 0 Å². The molecule has 3 fully saturated rings. The average molecular weight is 670 g/mol. The van der Waals surface area contributed by atoms with Crippen LogP contribution in [0.4, 0.5) is 16.6 Å². The molecule has 3 saturated heterocycles. The first kappa shape index (κ1) is 31.3. The summed E-state index contributed by atoms with van der Waals surface area (Å²) in [5, 5.41) is 49.6. The van der Waals surface area contributed by atoms with Gasteiger partial charge in [-0.2, -0.15) is 14.8 Å². The van der Waals surface area contributed by atoms with Crippen molar-refractivity contribution in [2.24, 2.45) is 0 Å². The molecule has 0 aliphatic carbocycles. The second kappa shape index (κ2) is 13.1. The molecule has 0 saturated carbocycles. The first-order chi connectivity index (χ1) is 23.9. The molecule has 0 spiro atoms. The Balaban J connectivity index is 1.09. The molecule has 3 aliphatic heterocycles. The molecule has 2 aromatic carbocycles. The lowest BCUT2D eigenvalue weighted by atomic mass is 10.0. The third kappa shape index (κ3) is 6.09. The quantitative estimate of drug-likeness (QED) is 0.129. The van der Waals surface area contributed by atoms with E-state index in [1.807, 2.05) is 30.0 Å². The smallest absolute Gasteiger partial charge is 0.315 e. The fourth-order valence-electron chi connectivity index (χ4n) is 6.84. The lowest BCUT2D eigenvalue weighted by molar-refractivity contribution is -0.0384. The monoisotopic (exact) mass is 669 g/mol. The number of hydrogen-bond donors (Lipinski definition) is 6. The van der Waals surface area contributed by atoms with E-state index in [1.165, 1.54) is 11.1 Å². The molecule has 8 rings (SSSR count). The van der Waals surface area contributed by atoms with Gasteiger partial charge < -0.3 is 41.1 Å². The third-order valence-corrected chi connectivity index (χ3v) is 9.46. The summed E-state index contributed by atoms with van der Waals surface area (Å²) in [5.74, 6) is 1.13. The number of aryl methyl sites for hydroxylation is 1. The number of hydrogen-bond acceptors (Lipinski definition) is 13. The Morgan fingerprint density at radius 2 is 1.92 bits per heavy atom. The Morgan fingerprint density at radius 3 is 2.76 bits per heavy atom. The molecule has 256 valence electrons. The van der Waals surface area contributed by atoms with Crippen molar-refractivity contribution in [3.8, 4) is 0 Å². The van der Waals surface area contributed by atoms with Crippen LogP contribution >= 0.6 is 0 Å². The van der Waals surface area contributed by atoms with Crippen molar-refractivity contribution < 1.29 is 19.7 Å². The van der Waals surface area contributed by atoms with Crippen LogP contribution in [0.5, 0.6) is 0 Å². The van der Waals surface area contributed by atoms with Crippen LogP contribution in [0.25, 0.3) is 21.9 Å². The molecule has 0 radical (unpaired) electrons. The predicted molar refractivity (Wildman–Crippen MR) is 179 cm³/mol. The summed E-state index contributed by atoms with van der Waals surface area (Å²) in [6.07, 6.45) is -1.50. The van der Waals surface area contributed by atoms with E-state index in [0.717, 1.165) is 42.3 Å². The average Bonchev–Trinajstić information content (AvgIpc) is 3.97. The number of carbonyl (C=O) groups excluding carboxylic acids is 1. The summed E-state index contributed by atoms with van der Waals surface area (Å²) in [6.45, 7) is 5.65. The summed E-state index contributed by atoms with van der Waals surface area (Å²) >= 11 is 0. The number of tetrazole rings is 1. The van der Waals surface area contributed by atoms with Gasteiger partial charge in [0.05, 0.1) is 12.9 Å². The van der Waals surface area contributed by atoms with Crippen LogP contribution in [0.2, 0.25) is 0 Å². The number of aliphatic hydroxyl groups is 2. The van der Waals surface area contributed by atoms with Gasteiger partial charge in [0.1, 0.15) is 12.2 Å². The van der Waals surface area contributed by atoms with Gasteiger partial charge in [0.25, 0.3) is 0 Å². The molecule has 3 aromatic heterocycles. The molecule has 2 amide bonds. The van der Waals surface area contributed by atoms with Gasteiger partial charge in [-0.05, 0) is 47.9 Å². The van der Waals surface area contributed by atoms with E-state index in [9.17, 15) is 15.0 Å². The van der Waals surface area contributed by atoms with Crippen molar-refractivity contribution in [3.05, 3.63) is 60.2 Å². The minimum atomic E-state index is -1.32. The molecular weight excluding hydrogens is 630 g/mol. The van der Waals surface area contributed by atoms with Crippen molar-refractivity contribution in [1.29, 1.82) is 0 Å². The number of rotatable bonds is 9. The summed E-state index contributed by atoms with van der Waals surface area (Å²) in [4.78, 5) is 30.6. The van der Waals surface area contributed by atoms with Crippen LogP contribution in [0, 0.1) is 0 Å². The highest BCUT2D eigenvalue weighted by Gasteiger charge is 2.47. The number of amides is 2. The molecule has 0 unspecified atom stereocenters. The molecule has 6 N–H and O–H groups in total. The summed E-state index contributed by atoms with van der Waals surface area (Å²) in [5.41, 5.74) is 1.98. The molecule has 6 atom stereocenters. The van der Waals surface area contributed by atoms with Gasteiger partial charge in [0.2, 0.25) is 11.8 Å². The van der Waals surface area contributed by atoms with E-state index < -0.39 is 24.5 Å². The zero-order valence-electron chi connectivity index (χ0n) is 27.0. The van der Waals surface area contributed by atoms with E-state index in [4.69, 9.17) is 14.7 Å².